The fourth-order valence-electron chi connectivity index (χ4n) is 2.49. The Morgan fingerprint density at radius 3 is 3.00 bits per heavy atom. The molecule has 0 aromatic heterocycles. The van der Waals surface area contributed by atoms with Gasteiger partial charge in [0.15, 0.2) is 0 Å². The van der Waals surface area contributed by atoms with Crippen molar-refractivity contribution in [3.8, 4) is 12.3 Å². The van der Waals surface area contributed by atoms with E-state index in [0.29, 0.717) is 18.6 Å². The van der Waals surface area contributed by atoms with Gasteiger partial charge < -0.3 is 4.74 Å². The molecule has 0 atom stereocenters. The minimum Gasteiger partial charge on any atom is -0.364 e. The third-order valence-corrected chi connectivity index (χ3v) is 3.45. The van der Waals surface area contributed by atoms with E-state index in [1.807, 2.05) is 0 Å². The first-order valence-corrected chi connectivity index (χ1v) is 5.77. The second-order valence-electron chi connectivity index (χ2n) is 5.02. The van der Waals surface area contributed by atoms with Gasteiger partial charge in [-0.15, -0.1) is 6.42 Å². The third kappa shape index (κ3) is 1.99. The zero-order chi connectivity index (χ0) is 11.6. The van der Waals surface area contributed by atoms with Crippen LogP contribution in [0.15, 0.2) is 18.2 Å². The van der Waals surface area contributed by atoms with Crippen LogP contribution >= 0.6 is 0 Å². The fourth-order valence-corrected chi connectivity index (χ4v) is 2.49. The van der Waals surface area contributed by atoms with Gasteiger partial charge in [0.2, 0.25) is 0 Å². The lowest BCUT2D eigenvalue weighted by atomic mass is 9.86. The van der Waals surface area contributed by atoms with Crippen LogP contribution < -0.4 is 0 Å². The molecule has 1 nitrogen and oxygen atoms in total. The molecule has 0 N–H and O–H groups in total. The van der Waals surface area contributed by atoms with Crippen molar-refractivity contribution in [3.05, 3.63) is 34.9 Å². The molecule has 1 heteroatoms. The maximum atomic E-state index is 5.43. The van der Waals surface area contributed by atoms with Crippen molar-refractivity contribution in [2.75, 3.05) is 6.61 Å². The zero-order valence-electron chi connectivity index (χ0n) is 10.0. The first kappa shape index (κ1) is 11.2. The number of terminal acetylenes is 1. The van der Waals surface area contributed by atoms with Gasteiger partial charge in [-0.1, -0.05) is 38.0 Å². The van der Waals surface area contributed by atoms with Crippen molar-refractivity contribution in [1.29, 1.82) is 0 Å². The number of hydrogen-bond acceptors (Lipinski definition) is 1. The van der Waals surface area contributed by atoms with Gasteiger partial charge in [-0.2, -0.15) is 0 Å². The molecule has 0 saturated heterocycles. The van der Waals surface area contributed by atoms with Crippen LogP contribution in [0.2, 0.25) is 0 Å². The SMILES string of the molecule is C#CCOCc1cccc2c1CCC2(C)C. The van der Waals surface area contributed by atoms with Crippen molar-refractivity contribution in [2.45, 2.75) is 38.7 Å². The van der Waals surface area contributed by atoms with Crippen LogP contribution in [0.3, 0.4) is 0 Å². The molecule has 1 aromatic carbocycles. The van der Waals surface area contributed by atoms with Gasteiger partial charge in [-0.3, -0.25) is 0 Å². The summed E-state index contributed by atoms with van der Waals surface area (Å²) >= 11 is 0. The van der Waals surface area contributed by atoms with Crippen molar-refractivity contribution >= 4 is 0 Å². The summed E-state index contributed by atoms with van der Waals surface area (Å²) in [5.74, 6) is 2.50. The van der Waals surface area contributed by atoms with Crippen LogP contribution in [0.25, 0.3) is 0 Å². The van der Waals surface area contributed by atoms with Crippen molar-refractivity contribution < 1.29 is 4.74 Å². The van der Waals surface area contributed by atoms with E-state index in [9.17, 15) is 0 Å². The Morgan fingerprint density at radius 2 is 2.25 bits per heavy atom. The molecule has 1 aliphatic rings. The Kier molecular flexibility index (Phi) is 3.03. The Hall–Kier alpha value is -1.26. The first-order chi connectivity index (χ1) is 7.65. The molecule has 16 heavy (non-hydrogen) atoms. The summed E-state index contributed by atoms with van der Waals surface area (Å²) in [4.78, 5) is 0. The minimum atomic E-state index is 0.317. The van der Waals surface area contributed by atoms with Crippen molar-refractivity contribution in [1.82, 2.24) is 0 Å². The quantitative estimate of drug-likeness (QED) is 0.555. The molecular formula is C15H18O. The Morgan fingerprint density at radius 1 is 1.44 bits per heavy atom. The average molecular weight is 214 g/mol. The van der Waals surface area contributed by atoms with E-state index in [0.717, 1.165) is 6.42 Å². The second kappa shape index (κ2) is 4.31. The molecule has 0 heterocycles. The maximum absolute atomic E-state index is 5.43. The van der Waals surface area contributed by atoms with E-state index in [4.69, 9.17) is 11.2 Å². The molecule has 0 spiro atoms. The molecule has 84 valence electrons. The average Bonchev–Trinajstić information content (AvgIpc) is 2.57. The van der Waals surface area contributed by atoms with Gasteiger partial charge in [-0.05, 0) is 34.9 Å². The highest BCUT2D eigenvalue weighted by atomic mass is 16.5. The minimum absolute atomic E-state index is 0.317. The summed E-state index contributed by atoms with van der Waals surface area (Å²) in [6.07, 6.45) is 7.57. The molecule has 0 saturated carbocycles. The van der Waals surface area contributed by atoms with Crippen LogP contribution in [0.5, 0.6) is 0 Å². The number of fused-ring (bicyclic) bond motifs is 1. The molecule has 0 fully saturated rings. The van der Waals surface area contributed by atoms with Gasteiger partial charge in [0.05, 0.1) is 6.61 Å². The van der Waals surface area contributed by atoms with E-state index in [1.54, 1.807) is 0 Å². The third-order valence-electron chi connectivity index (χ3n) is 3.45. The van der Waals surface area contributed by atoms with E-state index < -0.39 is 0 Å². The summed E-state index contributed by atoms with van der Waals surface area (Å²) in [6.45, 7) is 5.66. The van der Waals surface area contributed by atoms with Crippen LogP contribution in [0, 0.1) is 12.3 Å². The van der Waals surface area contributed by atoms with Crippen LogP contribution in [-0.2, 0) is 23.2 Å². The second-order valence-corrected chi connectivity index (χ2v) is 5.02. The zero-order valence-corrected chi connectivity index (χ0v) is 10.0. The molecule has 0 unspecified atom stereocenters. The first-order valence-electron chi connectivity index (χ1n) is 5.77. The lowest BCUT2D eigenvalue weighted by Gasteiger charge is -2.19. The van der Waals surface area contributed by atoms with Gasteiger partial charge in [0.25, 0.3) is 0 Å². The molecule has 1 aromatic rings. The predicted octanol–water partition coefficient (Wildman–Crippen LogP) is 3.06. The summed E-state index contributed by atoms with van der Waals surface area (Å²) in [6, 6.07) is 6.52. The van der Waals surface area contributed by atoms with Crippen molar-refractivity contribution in [2.24, 2.45) is 0 Å². The van der Waals surface area contributed by atoms with Crippen LogP contribution in [0.4, 0.5) is 0 Å². The highest BCUT2D eigenvalue weighted by molar-refractivity contribution is 5.43. The summed E-state index contributed by atoms with van der Waals surface area (Å²) in [5.41, 5.74) is 4.58. The highest BCUT2D eigenvalue weighted by Gasteiger charge is 2.30. The fraction of sp³-hybridized carbons (Fsp3) is 0.467. The molecule has 0 aliphatic heterocycles. The number of hydrogen-bond donors (Lipinski definition) is 0. The number of ether oxygens (including phenoxy) is 1. The summed E-state index contributed by atoms with van der Waals surface area (Å²) < 4.78 is 5.43. The largest absolute Gasteiger partial charge is 0.364 e. The molecule has 0 bridgehead atoms. The predicted molar refractivity (Wildman–Crippen MR) is 66.3 cm³/mol. The maximum Gasteiger partial charge on any atom is 0.107 e. The molecular weight excluding hydrogens is 196 g/mol. The van der Waals surface area contributed by atoms with E-state index >= 15 is 0 Å². The molecule has 1 aliphatic carbocycles. The van der Waals surface area contributed by atoms with Gasteiger partial charge >= 0.3 is 0 Å². The Bertz CT molecular complexity index is 424. The van der Waals surface area contributed by atoms with E-state index in [1.165, 1.54) is 23.1 Å². The summed E-state index contributed by atoms with van der Waals surface area (Å²) in [5, 5.41) is 0. The lowest BCUT2D eigenvalue weighted by Crippen LogP contribution is -2.11. The molecule has 2 rings (SSSR count). The van der Waals surface area contributed by atoms with Crippen molar-refractivity contribution in [3.63, 3.8) is 0 Å². The Labute approximate surface area is 97.8 Å². The molecule has 0 radical (unpaired) electrons. The number of benzene rings is 1. The number of rotatable bonds is 3. The lowest BCUT2D eigenvalue weighted by molar-refractivity contribution is 0.153. The van der Waals surface area contributed by atoms with Crippen LogP contribution in [0.1, 0.15) is 37.0 Å². The van der Waals surface area contributed by atoms with E-state index in [-0.39, 0.29) is 0 Å². The van der Waals surface area contributed by atoms with Gasteiger partial charge in [0.1, 0.15) is 6.61 Å². The van der Waals surface area contributed by atoms with Crippen LogP contribution in [-0.4, -0.2) is 6.61 Å². The van der Waals surface area contributed by atoms with Gasteiger partial charge in [-0.25, -0.2) is 0 Å². The smallest absolute Gasteiger partial charge is 0.107 e. The standard InChI is InChI=1S/C15H18O/c1-4-10-16-11-12-6-5-7-14-13(12)8-9-15(14,2)3/h1,5-7H,8-11H2,2-3H3. The molecule has 0 amide bonds. The van der Waals surface area contributed by atoms with Gasteiger partial charge in [0, 0.05) is 0 Å². The summed E-state index contributed by atoms with van der Waals surface area (Å²) in [7, 11) is 0. The topological polar surface area (TPSA) is 9.23 Å². The normalized spacial score (nSPS) is 16.8. The Balaban J connectivity index is 2.23. The monoisotopic (exact) mass is 214 g/mol. The van der Waals surface area contributed by atoms with E-state index in [2.05, 4.69) is 38.0 Å². The highest BCUT2D eigenvalue weighted by Crippen LogP contribution is 2.39.